The normalized spacial score (nSPS) is 17.1. The zero-order valence-corrected chi connectivity index (χ0v) is 16.2. The van der Waals surface area contributed by atoms with Crippen molar-refractivity contribution in [3.05, 3.63) is 29.8 Å². The molecule has 1 N–H and O–H groups in total. The first-order valence-electron chi connectivity index (χ1n) is 9.24. The molecule has 0 aromatic heterocycles. The Morgan fingerprint density at radius 1 is 1.27 bits per heavy atom. The highest BCUT2D eigenvalue weighted by Gasteiger charge is 2.36. The fourth-order valence-corrected chi connectivity index (χ4v) is 2.88. The molecule has 1 atom stereocenters. The Balaban J connectivity index is 1.73. The average Bonchev–Trinajstić information content (AvgIpc) is 3.04. The van der Waals surface area contributed by atoms with Gasteiger partial charge in [-0.15, -0.1) is 0 Å². The first-order chi connectivity index (χ1) is 12.3. The van der Waals surface area contributed by atoms with E-state index in [1.165, 1.54) is 4.90 Å². The summed E-state index contributed by atoms with van der Waals surface area (Å²) in [6, 6.07) is 7.41. The van der Waals surface area contributed by atoms with Crippen molar-refractivity contribution in [2.45, 2.75) is 58.6 Å². The molecular formula is C20H30N2O4. The number of benzene rings is 1. The summed E-state index contributed by atoms with van der Waals surface area (Å²) >= 11 is 0. The molecule has 144 valence electrons. The highest BCUT2D eigenvalue weighted by atomic mass is 16.6. The van der Waals surface area contributed by atoms with E-state index in [1.54, 1.807) is 0 Å². The van der Waals surface area contributed by atoms with Crippen LogP contribution in [0.5, 0.6) is 5.75 Å². The van der Waals surface area contributed by atoms with Gasteiger partial charge in [-0.25, -0.2) is 4.79 Å². The summed E-state index contributed by atoms with van der Waals surface area (Å²) in [4.78, 5) is 26.2. The number of ether oxygens (including phenoxy) is 2. The molecule has 6 nitrogen and oxygen atoms in total. The second-order valence-corrected chi connectivity index (χ2v) is 7.59. The molecule has 1 aromatic carbocycles. The molecule has 0 saturated carbocycles. The predicted octanol–water partition coefficient (Wildman–Crippen LogP) is 3.28. The lowest BCUT2D eigenvalue weighted by molar-refractivity contribution is -0.125. The number of nitrogens with zero attached hydrogens (tertiary/aromatic N) is 1. The highest BCUT2D eigenvalue weighted by Crippen LogP contribution is 2.21. The van der Waals surface area contributed by atoms with Crippen molar-refractivity contribution >= 4 is 12.0 Å². The first-order valence-corrected chi connectivity index (χ1v) is 9.24. The molecule has 0 radical (unpaired) electrons. The minimum absolute atomic E-state index is 0.121. The second kappa shape index (κ2) is 8.92. The van der Waals surface area contributed by atoms with Crippen LogP contribution in [0.25, 0.3) is 0 Å². The lowest BCUT2D eigenvalue weighted by Gasteiger charge is -2.28. The summed E-state index contributed by atoms with van der Waals surface area (Å²) in [7, 11) is 0. The van der Waals surface area contributed by atoms with Crippen LogP contribution < -0.4 is 10.1 Å². The fourth-order valence-electron chi connectivity index (χ4n) is 2.88. The maximum Gasteiger partial charge on any atom is 0.410 e. The molecular weight excluding hydrogens is 332 g/mol. The first kappa shape index (κ1) is 20.1. The molecule has 1 aliphatic heterocycles. The lowest BCUT2D eigenvalue weighted by Crippen LogP contribution is -2.47. The standard InChI is InChI=1S/C20H30N2O4/c1-15-9-5-6-11-17(15)25-14-8-12-21-18(23)16-10-7-13-22(16)19(24)26-20(2,3)4/h5-6,9,11,16H,7-8,10,12-14H2,1-4H3,(H,21,23). The Hall–Kier alpha value is -2.24. The molecule has 26 heavy (non-hydrogen) atoms. The van der Waals surface area contributed by atoms with Gasteiger partial charge in [0, 0.05) is 13.1 Å². The van der Waals surface area contributed by atoms with Gasteiger partial charge in [0.05, 0.1) is 6.61 Å². The number of hydrogen-bond acceptors (Lipinski definition) is 4. The van der Waals surface area contributed by atoms with Crippen molar-refractivity contribution in [2.24, 2.45) is 0 Å². The minimum atomic E-state index is -0.562. The van der Waals surface area contributed by atoms with E-state index in [0.29, 0.717) is 32.5 Å². The quantitative estimate of drug-likeness (QED) is 0.789. The Kier molecular flexibility index (Phi) is 6.89. The van der Waals surface area contributed by atoms with Crippen LogP contribution in [0.15, 0.2) is 24.3 Å². The van der Waals surface area contributed by atoms with Gasteiger partial charge in [-0.2, -0.15) is 0 Å². The third-order valence-corrected chi connectivity index (χ3v) is 4.15. The van der Waals surface area contributed by atoms with E-state index in [9.17, 15) is 9.59 Å². The zero-order chi connectivity index (χ0) is 19.2. The lowest BCUT2D eigenvalue weighted by atomic mass is 10.2. The van der Waals surface area contributed by atoms with Gasteiger partial charge < -0.3 is 14.8 Å². The van der Waals surface area contributed by atoms with Crippen molar-refractivity contribution < 1.29 is 19.1 Å². The number of likely N-dealkylation sites (tertiary alicyclic amines) is 1. The van der Waals surface area contributed by atoms with Crippen LogP contribution in [-0.4, -0.2) is 48.2 Å². The molecule has 6 heteroatoms. The molecule has 2 amide bonds. The van der Waals surface area contributed by atoms with Gasteiger partial charge in [-0.1, -0.05) is 18.2 Å². The van der Waals surface area contributed by atoms with E-state index in [0.717, 1.165) is 17.7 Å². The molecule has 1 heterocycles. The van der Waals surface area contributed by atoms with Crippen LogP contribution in [0.1, 0.15) is 45.6 Å². The SMILES string of the molecule is Cc1ccccc1OCCCNC(=O)C1CCCN1C(=O)OC(C)(C)C. The van der Waals surface area contributed by atoms with Crippen molar-refractivity contribution in [2.75, 3.05) is 19.7 Å². The van der Waals surface area contributed by atoms with Gasteiger partial charge >= 0.3 is 6.09 Å². The van der Waals surface area contributed by atoms with Gasteiger partial charge in [0.15, 0.2) is 0 Å². The molecule has 0 bridgehead atoms. The van der Waals surface area contributed by atoms with Crippen LogP contribution in [0.3, 0.4) is 0 Å². The van der Waals surface area contributed by atoms with E-state index >= 15 is 0 Å². The van der Waals surface area contributed by atoms with E-state index in [2.05, 4.69) is 5.32 Å². The third kappa shape index (κ3) is 5.93. The van der Waals surface area contributed by atoms with E-state index in [1.807, 2.05) is 52.0 Å². The van der Waals surface area contributed by atoms with E-state index < -0.39 is 17.7 Å². The molecule has 1 saturated heterocycles. The molecule has 1 unspecified atom stereocenters. The zero-order valence-electron chi connectivity index (χ0n) is 16.2. The van der Waals surface area contributed by atoms with Gasteiger partial charge in [0.1, 0.15) is 17.4 Å². The highest BCUT2D eigenvalue weighted by molar-refractivity contribution is 5.86. The number of amides is 2. The van der Waals surface area contributed by atoms with Gasteiger partial charge in [0.2, 0.25) is 5.91 Å². The van der Waals surface area contributed by atoms with Crippen LogP contribution in [0.4, 0.5) is 4.79 Å². The van der Waals surface area contributed by atoms with Crippen molar-refractivity contribution in [3.63, 3.8) is 0 Å². The maximum absolute atomic E-state index is 12.4. The van der Waals surface area contributed by atoms with Crippen molar-refractivity contribution in [1.82, 2.24) is 10.2 Å². The van der Waals surface area contributed by atoms with E-state index in [4.69, 9.17) is 9.47 Å². The largest absolute Gasteiger partial charge is 0.493 e. The van der Waals surface area contributed by atoms with Crippen LogP contribution >= 0.6 is 0 Å². The Morgan fingerprint density at radius 3 is 2.69 bits per heavy atom. The van der Waals surface area contributed by atoms with E-state index in [-0.39, 0.29) is 5.91 Å². The maximum atomic E-state index is 12.4. The Bertz CT molecular complexity index is 624. The Morgan fingerprint density at radius 2 is 2.00 bits per heavy atom. The number of aryl methyl sites for hydroxylation is 1. The third-order valence-electron chi connectivity index (χ3n) is 4.15. The van der Waals surface area contributed by atoms with Gasteiger partial charge in [-0.3, -0.25) is 9.69 Å². The molecule has 0 aliphatic carbocycles. The predicted molar refractivity (Wildman–Crippen MR) is 100 cm³/mol. The monoisotopic (exact) mass is 362 g/mol. The van der Waals surface area contributed by atoms with Crippen molar-refractivity contribution in [1.29, 1.82) is 0 Å². The topological polar surface area (TPSA) is 67.9 Å². The molecule has 1 aromatic rings. The second-order valence-electron chi connectivity index (χ2n) is 7.59. The smallest absolute Gasteiger partial charge is 0.410 e. The van der Waals surface area contributed by atoms with Crippen LogP contribution in [-0.2, 0) is 9.53 Å². The summed E-state index contributed by atoms with van der Waals surface area (Å²) < 4.78 is 11.1. The molecule has 0 spiro atoms. The summed E-state index contributed by atoms with van der Waals surface area (Å²) in [5, 5.41) is 2.90. The minimum Gasteiger partial charge on any atom is -0.493 e. The van der Waals surface area contributed by atoms with Gasteiger partial charge in [0.25, 0.3) is 0 Å². The average molecular weight is 362 g/mol. The summed E-state index contributed by atoms with van der Waals surface area (Å²) in [5.41, 5.74) is 0.531. The fraction of sp³-hybridized carbons (Fsp3) is 0.600. The Labute approximate surface area is 155 Å². The summed E-state index contributed by atoms with van der Waals surface area (Å²) in [6.07, 6.45) is 1.77. The molecule has 1 aliphatic rings. The van der Waals surface area contributed by atoms with Crippen molar-refractivity contribution in [3.8, 4) is 5.75 Å². The number of rotatable bonds is 6. The number of carbonyl (C=O) groups is 2. The summed E-state index contributed by atoms with van der Waals surface area (Å²) in [6.45, 7) is 9.08. The molecule has 1 fully saturated rings. The molecule has 2 rings (SSSR count). The van der Waals surface area contributed by atoms with Crippen LogP contribution in [0.2, 0.25) is 0 Å². The van der Waals surface area contributed by atoms with Gasteiger partial charge in [-0.05, 0) is 58.6 Å². The number of nitrogens with one attached hydrogen (secondary N) is 1. The summed E-state index contributed by atoms with van der Waals surface area (Å²) in [5.74, 6) is 0.745. The number of hydrogen-bond donors (Lipinski definition) is 1. The number of para-hydroxylation sites is 1. The number of carbonyl (C=O) groups excluding carboxylic acids is 2. The van der Waals surface area contributed by atoms with Crippen LogP contribution in [0, 0.1) is 6.92 Å².